The maximum absolute atomic E-state index is 11.3. The van der Waals surface area contributed by atoms with Gasteiger partial charge in [-0.25, -0.2) is 13.6 Å². The highest BCUT2D eigenvalue weighted by molar-refractivity contribution is 7.89. The minimum absolute atomic E-state index is 0.00871. The Morgan fingerprint density at radius 2 is 2.00 bits per heavy atom. The Kier molecular flexibility index (Phi) is 4.20. The van der Waals surface area contributed by atoms with Gasteiger partial charge in [-0.15, -0.1) is 0 Å². The highest BCUT2D eigenvalue weighted by atomic mass is 32.2. The number of nitrogens with two attached hydrogens (primary N) is 2. The zero-order valence-electron chi connectivity index (χ0n) is 10.5. The first-order valence-corrected chi connectivity index (χ1v) is 6.98. The van der Waals surface area contributed by atoms with Gasteiger partial charge < -0.3 is 16.2 Å². The van der Waals surface area contributed by atoms with E-state index in [9.17, 15) is 8.42 Å². The van der Waals surface area contributed by atoms with Gasteiger partial charge in [-0.1, -0.05) is 19.9 Å². The van der Waals surface area contributed by atoms with Crippen LogP contribution in [0.4, 0.5) is 11.4 Å². The lowest BCUT2D eigenvalue weighted by molar-refractivity contribution is 0.171. The maximum atomic E-state index is 11.3. The van der Waals surface area contributed by atoms with Gasteiger partial charge in [0.1, 0.15) is 4.90 Å². The van der Waals surface area contributed by atoms with Crippen LogP contribution in [0.3, 0.4) is 0 Å². The van der Waals surface area contributed by atoms with Gasteiger partial charge in [0.05, 0.1) is 11.4 Å². The summed E-state index contributed by atoms with van der Waals surface area (Å²) in [5.74, 6) is 0. The molecule has 102 valence electrons. The Bertz CT molecular complexity index is 526. The Morgan fingerprint density at radius 1 is 1.39 bits per heavy atom. The normalized spacial score (nSPS) is 12.4. The molecule has 0 aromatic heterocycles. The fraction of sp³-hybridized carbons (Fsp3) is 0.455. The van der Waals surface area contributed by atoms with Gasteiger partial charge in [0.25, 0.3) is 0 Å². The molecule has 7 heteroatoms. The molecule has 0 heterocycles. The number of aliphatic hydroxyl groups is 1. The molecule has 0 fully saturated rings. The molecule has 1 aromatic carbocycles. The predicted octanol–water partition coefficient (Wildman–Crippen LogP) is 0.347. The summed E-state index contributed by atoms with van der Waals surface area (Å²) in [4.78, 5) is -0.102. The number of aliphatic hydroxyl groups excluding tert-OH is 1. The van der Waals surface area contributed by atoms with Crippen LogP contribution in [0, 0.1) is 5.41 Å². The Balaban J connectivity index is 2.99. The highest BCUT2D eigenvalue weighted by Crippen LogP contribution is 2.26. The molecule has 0 radical (unpaired) electrons. The van der Waals surface area contributed by atoms with Crippen LogP contribution in [0.15, 0.2) is 23.1 Å². The van der Waals surface area contributed by atoms with Crippen molar-refractivity contribution in [1.82, 2.24) is 0 Å². The van der Waals surface area contributed by atoms with Crippen molar-refractivity contribution in [1.29, 1.82) is 0 Å². The molecular formula is C11H19N3O3S. The van der Waals surface area contributed by atoms with E-state index in [-0.39, 0.29) is 22.6 Å². The van der Waals surface area contributed by atoms with E-state index >= 15 is 0 Å². The number of hydrogen-bond acceptors (Lipinski definition) is 5. The molecule has 6 nitrogen and oxygen atoms in total. The standard InChI is InChI=1S/C11H19N3O3S/c1-11(2,7-15)6-14-8-4-3-5-9(10(8)12)18(13,16)17/h3-5,14-15H,6-7,12H2,1-2H3,(H2,13,16,17). The van der Waals surface area contributed by atoms with Crippen molar-refractivity contribution < 1.29 is 13.5 Å². The summed E-state index contributed by atoms with van der Waals surface area (Å²) >= 11 is 0. The molecule has 0 amide bonds. The van der Waals surface area contributed by atoms with Gasteiger partial charge in [0.15, 0.2) is 0 Å². The molecule has 6 N–H and O–H groups in total. The lowest BCUT2D eigenvalue weighted by Gasteiger charge is -2.23. The van der Waals surface area contributed by atoms with Crippen LogP contribution < -0.4 is 16.2 Å². The highest BCUT2D eigenvalue weighted by Gasteiger charge is 2.18. The largest absolute Gasteiger partial charge is 0.396 e. The molecule has 18 heavy (non-hydrogen) atoms. The summed E-state index contributed by atoms with van der Waals surface area (Å²) < 4.78 is 22.6. The molecule has 1 rings (SSSR count). The molecule has 0 saturated heterocycles. The molecule has 1 aromatic rings. The number of para-hydroxylation sites is 1. The fourth-order valence-electron chi connectivity index (χ4n) is 1.34. The first-order valence-electron chi connectivity index (χ1n) is 5.43. The van der Waals surface area contributed by atoms with Crippen molar-refractivity contribution in [2.45, 2.75) is 18.7 Å². The molecule has 0 saturated carbocycles. The van der Waals surface area contributed by atoms with Gasteiger partial charge in [-0.05, 0) is 12.1 Å². The minimum atomic E-state index is -3.83. The molecule has 0 aliphatic rings. The third kappa shape index (κ3) is 3.59. The van der Waals surface area contributed by atoms with E-state index in [1.54, 1.807) is 12.1 Å². The Labute approximate surface area is 107 Å². The number of primary sulfonamides is 1. The van der Waals surface area contributed by atoms with Crippen LogP contribution in [-0.4, -0.2) is 26.7 Å². The summed E-state index contributed by atoms with van der Waals surface area (Å²) in [5.41, 5.74) is 6.01. The van der Waals surface area contributed by atoms with Gasteiger partial charge in [-0.3, -0.25) is 0 Å². The second-order valence-electron chi connectivity index (χ2n) is 4.94. The molecule has 0 aliphatic heterocycles. The third-order valence-electron chi connectivity index (χ3n) is 2.56. The lowest BCUT2D eigenvalue weighted by Crippen LogP contribution is -2.27. The van der Waals surface area contributed by atoms with E-state index in [4.69, 9.17) is 16.0 Å². The first-order chi connectivity index (χ1) is 8.17. The maximum Gasteiger partial charge on any atom is 0.240 e. The van der Waals surface area contributed by atoms with E-state index in [1.807, 2.05) is 13.8 Å². The van der Waals surface area contributed by atoms with Crippen LogP contribution in [0.25, 0.3) is 0 Å². The van der Waals surface area contributed by atoms with Crippen molar-refractivity contribution in [2.75, 3.05) is 24.2 Å². The second-order valence-corrected chi connectivity index (χ2v) is 6.47. The quantitative estimate of drug-likeness (QED) is 0.577. The summed E-state index contributed by atoms with van der Waals surface area (Å²) in [7, 11) is -3.83. The molecule has 0 atom stereocenters. The minimum Gasteiger partial charge on any atom is -0.396 e. The number of anilines is 2. The van der Waals surface area contributed by atoms with Crippen LogP contribution in [0.2, 0.25) is 0 Å². The van der Waals surface area contributed by atoms with E-state index in [0.29, 0.717) is 12.2 Å². The van der Waals surface area contributed by atoms with Gasteiger partial charge in [0.2, 0.25) is 10.0 Å². The Morgan fingerprint density at radius 3 is 2.50 bits per heavy atom. The van der Waals surface area contributed by atoms with Crippen LogP contribution in [0.1, 0.15) is 13.8 Å². The molecular weight excluding hydrogens is 254 g/mol. The summed E-state index contributed by atoms with van der Waals surface area (Å²) in [5, 5.41) is 17.2. The van der Waals surface area contributed by atoms with E-state index in [0.717, 1.165) is 0 Å². The van der Waals surface area contributed by atoms with Gasteiger partial charge in [-0.2, -0.15) is 0 Å². The molecule has 0 unspecified atom stereocenters. The van der Waals surface area contributed by atoms with Crippen LogP contribution in [0.5, 0.6) is 0 Å². The predicted molar refractivity (Wildman–Crippen MR) is 71.6 cm³/mol. The SMILES string of the molecule is CC(C)(CO)CNc1cccc(S(N)(=O)=O)c1N. The van der Waals surface area contributed by atoms with E-state index < -0.39 is 10.0 Å². The zero-order valence-corrected chi connectivity index (χ0v) is 11.3. The average molecular weight is 273 g/mol. The number of benzene rings is 1. The number of nitrogen functional groups attached to an aromatic ring is 1. The van der Waals surface area contributed by atoms with Crippen LogP contribution >= 0.6 is 0 Å². The smallest absolute Gasteiger partial charge is 0.240 e. The van der Waals surface area contributed by atoms with Crippen molar-refractivity contribution in [3.63, 3.8) is 0 Å². The topological polar surface area (TPSA) is 118 Å². The van der Waals surface area contributed by atoms with Crippen molar-refractivity contribution in [3.8, 4) is 0 Å². The number of rotatable bonds is 5. The van der Waals surface area contributed by atoms with Crippen molar-refractivity contribution >= 4 is 21.4 Å². The average Bonchev–Trinajstić information content (AvgIpc) is 2.26. The number of nitrogens with one attached hydrogen (secondary N) is 1. The Hall–Kier alpha value is -1.31. The first kappa shape index (κ1) is 14.7. The summed E-state index contributed by atoms with van der Waals surface area (Å²) in [6, 6.07) is 4.58. The molecule has 0 bridgehead atoms. The lowest BCUT2D eigenvalue weighted by atomic mass is 9.95. The van der Waals surface area contributed by atoms with Crippen molar-refractivity contribution in [3.05, 3.63) is 18.2 Å². The number of hydrogen-bond donors (Lipinski definition) is 4. The monoisotopic (exact) mass is 273 g/mol. The van der Waals surface area contributed by atoms with E-state index in [1.165, 1.54) is 6.07 Å². The van der Waals surface area contributed by atoms with Gasteiger partial charge in [0, 0.05) is 18.6 Å². The zero-order chi connectivity index (χ0) is 14.0. The third-order valence-corrected chi connectivity index (χ3v) is 3.53. The fourth-order valence-corrected chi connectivity index (χ4v) is 2.02. The van der Waals surface area contributed by atoms with Gasteiger partial charge >= 0.3 is 0 Å². The molecule has 0 aliphatic carbocycles. The van der Waals surface area contributed by atoms with Crippen molar-refractivity contribution in [2.24, 2.45) is 10.6 Å². The summed E-state index contributed by atoms with van der Waals surface area (Å²) in [6.07, 6.45) is 0. The summed E-state index contributed by atoms with van der Waals surface area (Å²) in [6.45, 7) is 4.22. The second kappa shape index (κ2) is 5.13. The molecule has 0 spiro atoms. The number of sulfonamides is 1. The van der Waals surface area contributed by atoms with Crippen LogP contribution in [-0.2, 0) is 10.0 Å². The van der Waals surface area contributed by atoms with E-state index in [2.05, 4.69) is 5.32 Å².